The highest BCUT2D eigenvalue weighted by Gasteiger charge is 2.17. The fourth-order valence-corrected chi connectivity index (χ4v) is 1.88. The maximum Gasteiger partial charge on any atom is 0.239 e. The molecule has 0 saturated heterocycles. The molecule has 1 aromatic carbocycles. The molecular weight excluding hydrogens is 271 g/mol. The Labute approximate surface area is 118 Å². The third kappa shape index (κ3) is 4.39. The summed E-state index contributed by atoms with van der Waals surface area (Å²) < 4.78 is 0. The molecule has 5 heteroatoms. The van der Waals surface area contributed by atoms with Crippen molar-refractivity contribution in [2.75, 3.05) is 11.9 Å². The monoisotopic (exact) mass is 288 g/mol. The van der Waals surface area contributed by atoms with Gasteiger partial charge in [0, 0.05) is 5.54 Å². The number of anilines is 1. The van der Waals surface area contributed by atoms with Crippen LogP contribution >= 0.6 is 23.2 Å². The Bertz CT molecular complexity index is 413. The van der Waals surface area contributed by atoms with Gasteiger partial charge < -0.3 is 10.6 Å². The number of hydrogen-bond donors (Lipinski definition) is 2. The molecule has 0 bridgehead atoms. The van der Waals surface area contributed by atoms with Gasteiger partial charge >= 0.3 is 0 Å². The minimum atomic E-state index is -0.205. The van der Waals surface area contributed by atoms with Crippen LogP contribution in [-0.4, -0.2) is 18.0 Å². The molecule has 0 heterocycles. The smallest absolute Gasteiger partial charge is 0.239 e. The third-order valence-electron chi connectivity index (χ3n) is 2.75. The quantitative estimate of drug-likeness (QED) is 0.867. The Morgan fingerprint density at radius 1 is 1.28 bits per heavy atom. The van der Waals surface area contributed by atoms with Crippen molar-refractivity contribution in [3.05, 3.63) is 28.2 Å². The van der Waals surface area contributed by atoms with E-state index in [-0.39, 0.29) is 18.0 Å². The lowest BCUT2D eigenvalue weighted by atomic mass is 10.0. The number of halogens is 2. The largest absolute Gasteiger partial charge is 0.374 e. The Morgan fingerprint density at radius 2 is 1.83 bits per heavy atom. The number of carbonyl (C=O) groups is 1. The van der Waals surface area contributed by atoms with Gasteiger partial charge in [-0.15, -0.1) is 0 Å². The molecule has 0 aliphatic rings. The van der Waals surface area contributed by atoms with Gasteiger partial charge in [-0.05, 0) is 32.4 Å². The van der Waals surface area contributed by atoms with Gasteiger partial charge in [0.15, 0.2) is 0 Å². The number of para-hydroxylation sites is 1. The van der Waals surface area contributed by atoms with E-state index in [1.54, 1.807) is 18.2 Å². The fraction of sp³-hybridized carbons (Fsp3) is 0.462. The van der Waals surface area contributed by atoms with E-state index in [0.29, 0.717) is 15.7 Å². The van der Waals surface area contributed by atoms with Gasteiger partial charge in [0.2, 0.25) is 5.91 Å². The summed E-state index contributed by atoms with van der Waals surface area (Å²) in [6.45, 7) is 6.13. The number of carbonyl (C=O) groups excluding carboxylic acids is 1. The second-order valence-corrected chi connectivity index (χ2v) is 5.55. The molecule has 100 valence electrons. The molecule has 18 heavy (non-hydrogen) atoms. The topological polar surface area (TPSA) is 41.1 Å². The van der Waals surface area contributed by atoms with Crippen LogP contribution in [0.5, 0.6) is 0 Å². The van der Waals surface area contributed by atoms with Gasteiger partial charge in [0.05, 0.1) is 22.3 Å². The molecule has 0 fully saturated rings. The Morgan fingerprint density at radius 3 is 2.33 bits per heavy atom. The average Bonchev–Trinajstić information content (AvgIpc) is 2.28. The van der Waals surface area contributed by atoms with Crippen molar-refractivity contribution in [2.45, 2.75) is 32.7 Å². The van der Waals surface area contributed by atoms with E-state index in [4.69, 9.17) is 23.2 Å². The third-order valence-corrected chi connectivity index (χ3v) is 3.38. The maximum absolute atomic E-state index is 11.8. The van der Waals surface area contributed by atoms with Gasteiger partial charge in [0.1, 0.15) is 0 Å². The minimum absolute atomic E-state index is 0.0853. The normalized spacial score (nSPS) is 11.2. The molecule has 1 aromatic rings. The van der Waals surface area contributed by atoms with Gasteiger partial charge in [-0.25, -0.2) is 0 Å². The summed E-state index contributed by atoms with van der Waals surface area (Å²) in [6, 6.07) is 5.21. The number of rotatable bonds is 5. The summed E-state index contributed by atoms with van der Waals surface area (Å²) in [7, 11) is 0. The van der Waals surface area contributed by atoms with Crippen LogP contribution in [0.3, 0.4) is 0 Å². The first kappa shape index (κ1) is 15.1. The fourth-order valence-electron chi connectivity index (χ4n) is 1.35. The maximum atomic E-state index is 11.8. The Balaban J connectivity index is 2.58. The van der Waals surface area contributed by atoms with Crippen LogP contribution in [0.4, 0.5) is 5.69 Å². The van der Waals surface area contributed by atoms with E-state index in [9.17, 15) is 4.79 Å². The zero-order chi connectivity index (χ0) is 13.8. The number of benzene rings is 1. The highest BCUT2D eigenvalue weighted by Crippen LogP contribution is 2.29. The van der Waals surface area contributed by atoms with Crippen molar-refractivity contribution >= 4 is 34.8 Å². The van der Waals surface area contributed by atoms with Crippen molar-refractivity contribution in [2.24, 2.45) is 0 Å². The predicted octanol–water partition coefficient (Wildman–Crippen LogP) is 3.71. The van der Waals surface area contributed by atoms with E-state index in [2.05, 4.69) is 10.6 Å². The Hall–Kier alpha value is -0.930. The van der Waals surface area contributed by atoms with Crippen LogP contribution in [0.25, 0.3) is 0 Å². The standard InChI is InChI=1S/C13H18Cl2N2O/c1-4-13(2,3)17-11(18)8-16-12-9(14)6-5-7-10(12)15/h5-7,16H,4,8H2,1-3H3,(H,17,18). The van der Waals surface area contributed by atoms with E-state index in [1.165, 1.54) is 0 Å². The van der Waals surface area contributed by atoms with Crippen molar-refractivity contribution in [3.8, 4) is 0 Å². The summed E-state index contributed by atoms with van der Waals surface area (Å²) >= 11 is 12.0. The second-order valence-electron chi connectivity index (χ2n) is 4.74. The molecule has 1 amide bonds. The molecule has 1 rings (SSSR count). The summed E-state index contributed by atoms with van der Waals surface area (Å²) in [6.07, 6.45) is 0.867. The second kappa shape index (κ2) is 6.30. The lowest BCUT2D eigenvalue weighted by Crippen LogP contribution is -2.45. The molecule has 2 N–H and O–H groups in total. The van der Waals surface area contributed by atoms with Crippen molar-refractivity contribution in [3.63, 3.8) is 0 Å². The molecule has 3 nitrogen and oxygen atoms in total. The molecular formula is C13H18Cl2N2O. The van der Waals surface area contributed by atoms with E-state index >= 15 is 0 Å². The summed E-state index contributed by atoms with van der Waals surface area (Å²) in [4.78, 5) is 11.8. The summed E-state index contributed by atoms with van der Waals surface area (Å²) in [5.41, 5.74) is 0.383. The van der Waals surface area contributed by atoms with Gasteiger partial charge in [-0.3, -0.25) is 4.79 Å². The van der Waals surface area contributed by atoms with Crippen LogP contribution in [0.1, 0.15) is 27.2 Å². The first-order valence-electron chi connectivity index (χ1n) is 5.84. The van der Waals surface area contributed by atoms with Gasteiger partial charge in [-0.2, -0.15) is 0 Å². The SMILES string of the molecule is CCC(C)(C)NC(=O)CNc1c(Cl)cccc1Cl. The zero-order valence-corrected chi connectivity index (χ0v) is 12.3. The molecule has 0 aliphatic carbocycles. The average molecular weight is 289 g/mol. The van der Waals surface area contributed by atoms with Crippen LogP contribution in [0.2, 0.25) is 10.0 Å². The molecule has 0 aliphatic heterocycles. The van der Waals surface area contributed by atoms with Crippen LogP contribution in [0, 0.1) is 0 Å². The number of nitrogens with one attached hydrogen (secondary N) is 2. The number of amides is 1. The van der Waals surface area contributed by atoms with Crippen molar-refractivity contribution in [1.82, 2.24) is 5.32 Å². The molecule has 0 unspecified atom stereocenters. The van der Waals surface area contributed by atoms with Gasteiger partial charge in [-0.1, -0.05) is 36.2 Å². The van der Waals surface area contributed by atoms with E-state index < -0.39 is 0 Å². The van der Waals surface area contributed by atoms with E-state index in [1.807, 2.05) is 20.8 Å². The Kier molecular flexibility index (Phi) is 5.29. The molecule has 0 radical (unpaired) electrons. The highest BCUT2D eigenvalue weighted by atomic mass is 35.5. The summed E-state index contributed by atoms with van der Waals surface area (Å²) in [5, 5.41) is 6.89. The lowest BCUT2D eigenvalue weighted by Gasteiger charge is -2.24. The number of hydrogen-bond acceptors (Lipinski definition) is 2. The molecule has 0 atom stereocenters. The van der Waals surface area contributed by atoms with E-state index in [0.717, 1.165) is 6.42 Å². The van der Waals surface area contributed by atoms with Crippen molar-refractivity contribution in [1.29, 1.82) is 0 Å². The predicted molar refractivity (Wildman–Crippen MR) is 77.5 cm³/mol. The first-order valence-corrected chi connectivity index (χ1v) is 6.60. The van der Waals surface area contributed by atoms with Crippen molar-refractivity contribution < 1.29 is 4.79 Å². The van der Waals surface area contributed by atoms with Crippen LogP contribution in [-0.2, 0) is 4.79 Å². The first-order chi connectivity index (χ1) is 8.35. The van der Waals surface area contributed by atoms with Crippen LogP contribution in [0.15, 0.2) is 18.2 Å². The zero-order valence-electron chi connectivity index (χ0n) is 10.8. The van der Waals surface area contributed by atoms with Crippen LogP contribution < -0.4 is 10.6 Å². The van der Waals surface area contributed by atoms with Gasteiger partial charge in [0.25, 0.3) is 0 Å². The molecule has 0 aromatic heterocycles. The molecule has 0 saturated carbocycles. The highest BCUT2D eigenvalue weighted by molar-refractivity contribution is 6.39. The lowest BCUT2D eigenvalue weighted by molar-refractivity contribution is -0.121. The summed E-state index contributed by atoms with van der Waals surface area (Å²) in [5.74, 6) is -0.0853. The molecule has 0 spiro atoms. The minimum Gasteiger partial charge on any atom is -0.374 e.